The van der Waals surface area contributed by atoms with Gasteiger partial charge in [-0.2, -0.15) is 0 Å². The monoisotopic (exact) mass is 464 g/mol. The number of aromatic hydroxyl groups is 1. The van der Waals surface area contributed by atoms with Gasteiger partial charge in [0, 0.05) is 11.1 Å². The molecule has 1 heterocycles. The maximum Gasteiger partial charge on any atom is 0.338 e. The Hall–Kier alpha value is -3.61. The van der Waals surface area contributed by atoms with E-state index in [2.05, 4.69) is 17.2 Å². The molecule has 0 unspecified atom stereocenters. The highest BCUT2D eigenvalue weighted by molar-refractivity contribution is 6.09. The van der Waals surface area contributed by atoms with Crippen molar-refractivity contribution in [1.82, 2.24) is 4.98 Å². The second-order valence-corrected chi connectivity index (χ2v) is 8.39. The van der Waals surface area contributed by atoms with E-state index in [0.717, 1.165) is 37.7 Å². The molecular formula is C27H32N2O5. The largest absolute Gasteiger partial charge is 0.506 e. The van der Waals surface area contributed by atoms with E-state index in [4.69, 9.17) is 4.74 Å². The molecule has 0 aliphatic rings. The molecule has 0 aliphatic heterocycles. The predicted molar refractivity (Wildman–Crippen MR) is 134 cm³/mol. The summed E-state index contributed by atoms with van der Waals surface area (Å²) < 4.78 is 5.17. The number of H-pyrrole nitrogens is 1. The van der Waals surface area contributed by atoms with Crippen LogP contribution in [0.2, 0.25) is 0 Å². The van der Waals surface area contributed by atoms with Gasteiger partial charge in [-0.05, 0) is 61.2 Å². The summed E-state index contributed by atoms with van der Waals surface area (Å²) in [7, 11) is 0. The summed E-state index contributed by atoms with van der Waals surface area (Å²) in [5.41, 5.74) is 1.30. The number of hydrogen-bond acceptors (Lipinski definition) is 5. The number of ether oxygens (including phenoxy) is 1. The van der Waals surface area contributed by atoms with Crippen LogP contribution >= 0.6 is 0 Å². The van der Waals surface area contributed by atoms with E-state index in [1.807, 2.05) is 19.1 Å². The Balaban J connectivity index is 1.73. The zero-order valence-corrected chi connectivity index (χ0v) is 19.8. The molecule has 0 atom stereocenters. The van der Waals surface area contributed by atoms with E-state index in [1.165, 1.54) is 25.0 Å². The van der Waals surface area contributed by atoms with Crippen LogP contribution in [0.15, 0.2) is 47.3 Å². The summed E-state index contributed by atoms with van der Waals surface area (Å²) >= 11 is 0. The Morgan fingerprint density at radius 1 is 0.971 bits per heavy atom. The van der Waals surface area contributed by atoms with Crippen LogP contribution in [0.25, 0.3) is 10.9 Å². The third kappa shape index (κ3) is 6.25. The van der Waals surface area contributed by atoms with Gasteiger partial charge in [0.2, 0.25) is 0 Å². The number of amides is 1. The molecule has 0 saturated heterocycles. The summed E-state index contributed by atoms with van der Waals surface area (Å²) in [5, 5.41) is 13.7. The minimum absolute atomic E-state index is 0.355. The minimum atomic E-state index is -0.734. The lowest BCUT2D eigenvalue weighted by Gasteiger charge is -2.10. The molecular weight excluding hydrogens is 432 g/mol. The summed E-state index contributed by atoms with van der Waals surface area (Å²) in [5.74, 6) is -1.52. The van der Waals surface area contributed by atoms with Crippen LogP contribution in [0.3, 0.4) is 0 Å². The van der Waals surface area contributed by atoms with Crippen molar-refractivity contribution in [1.29, 1.82) is 0 Å². The lowest BCUT2D eigenvalue weighted by Crippen LogP contribution is -2.23. The minimum Gasteiger partial charge on any atom is -0.506 e. The first-order chi connectivity index (χ1) is 16.4. The van der Waals surface area contributed by atoms with Crippen molar-refractivity contribution in [2.45, 2.75) is 58.8 Å². The fourth-order valence-corrected chi connectivity index (χ4v) is 3.73. The molecule has 7 nitrogen and oxygen atoms in total. The second kappa shape index (κ2) is 12.0. The van der Waals surface area contributed by atoms with Crippen molar-refractivity contribution in [3.05, 3.63) is 69.5 Å². The number of aryl methyl sites for hydroxylation is 1. The molecule has 0 aliphatic carbocycles. The van der Waals surface area contributed by atoms with Crippen molar-refractivity contribution in [2.24, 2.45) is 0 Å². The van der Waals surface area contributed by atoms with Crippen LogP contribution in [0, 0.1) is 0 Å². The Morgan fingerprint density at radius 2 is 1.71 bits per heavy atom. The van der Waals surface area contributed by atoms with Gasteiger partial charge >= 0.3 is 5.97 Å². The molecule has 3 aromatic rings. The normalized spacial score (nSPS) is 10.9. The first-order valence-electron chi connectivity index (χ1n) is 11.9. The van der Waals surface area contributed by atoms with Gasteiger partial charge in [-0.15, -0.1) is 0 Å². The average Bonchev–Trinajstić information content (AvgIpc) is 2.82. The van der Waals surface area contributed by atoms with Crippen LogP contribution < -0.4 is 10.9 Å². The molecule has 0 saturated carbocycles. The number of carbonyl (C=O) groups excluding carboxylic acids is 2. The lowest BCUT2D eigenvalue weighted by molar-refractivity contribution is 0.0499. The van der Waals surface area contributed by atoms with E-state index in [9.17, 15) is 19.5 Å². The van der Waals surface area contributed by atoms with E-state index in [-0.39, 0.29) is 11.3 Å². The molecule has 34 heavy (non-hydrogen) atoms. The molecule has 0 fully saturated rings. The number of aromatic amines is 1. The number of pyridine rings is 1. The van der Waals surface area contributed by atoms with Gasteiger partial charge in [0.05, 0.1) is 17.7 Å². The van der Waals surface area contributed by atoms with E-state index < -0.39 is 17.4 Å². The van der Waals surface area contributed by atoms with Gasteiger partial charge in [0.15, 0.2) is 0 Å². The Bertz CT molecular complexity index is 1200. The van der Waals surface area contributed by atoms with Crippen LogP contribution in [-0.4, -0.2) is 28.6 Å². The predicted octanol–water partition coefficient (Wildman–Crippen LogP) is 5.57. The average molecular weight is 465 g/mol. The zero-order chi connectivity index (χ0) is 24.5. The molecule has 0 bridgehead atoms. The molecule has 3 rings (SSSR count). The first-order valence-corrected chi connectivity index (χ1v) is 11.9. The highest BCUT2D eigenvalue weighted by atomic mass is 16.5. The third-order valence-corrected chi connectivity index (χ3v) is 5.71. The van der Waals surface area contributed by atoms with Crippen LogP contribution in [-0.2, 0) is 11.2 Å². The third-order valence-electron chi connectivity index (χ3n) is 5.71. The number of anilines is 1. The SMILES string of the molecule is CCCCCCc1ccc2c(O)c(C(=O)Nc3ccc(C(=O)OCCCC)cc3)c(=O)[nH]c2c1. The number of hydrogen-bond donors (Lipinski definition) is 3. The number of fused-ring (bicyclic) bond motifs is 1. The second-order valence-electron chi connectivity index (χ2n) is 8.39. The van der Waals surface area contributed by atoms with Crippen LogP contribution in [0.4, 0.5) is 5.69 Å². The van der Waals surface area contributed by atoms with Gasteiger partial charge in [-0.1, -0.05) is 45.6 Å². The standard InChI is InChI=1S/C27H32N2O5/c1-3-5-7-8-9-18-10-15-21-22(17-18)29-26(32)23(24(21)30)25(31)28-20-13-11-19(12-14-20)27(33)34-16-6-4-2/h10-15,17H,3-9,16H2,1-2H3,(H,28,31)(H2,29,30,32). The molecule has 2 aromatic carbocycles. The van der Waals surface area contributed by atoms with E-state index in [1.54, 1.807) is 18.2 Å². The van der Waals surface area contributed by atoms with Crippen molar-refractivity contribution < 1.29 is 19.4 Å². The molecule has 7 heteroatoms. The highest BCUT2D eigenvalue weighted by Crippen LogP contribution is 2.27. The maximum absolute atomic E-state index is 12.8. The lowest BCUT2D eigenvalue weighted by atomic mass is 10.0. The van der Waals surface area contributed by atoms with E-state index >= 15 is 0 Å². The highest BCUT2D eigenvalue weighted by Gasteiger charge is 2.20. The van der Waals surface area contributed by atoms with Gasteiger partial charge in [0.25, 0.3) is 11.5 Å². The fourth-order valence-electron chi connectivity index (χ4n) is 3.73. The summed E-state index contributed by atoms with van der Waals surface area (Å²) in [6, 6.07) is 11.7. The van der Waals surface area contributed by atoms with Gasteiger partial charge in [-0.3, -0.25) is 9.59 Å². The number of esters is 1. The van der Waals surface area contributed by atoms with Crippen molar-refractivity contribution in [3.63, 3.8) is 0 Å². The number of rotatable bonds is 11. The Morgan fingerprint density at radius 3 is 2.41 bits per heavy atom. The van der Waals surface area contributed by atoms with E-state index in [0.29, 0.717) is 28.8 Å². The molecule has 3 N–H and O–H groups in total. The van der Waals surface area contributed by atoms with Crippen LogP contribution in [0.5, 0.6) is 5.75 Å². The van der Waals surface area contributed by atoms with Crippen molar-refractivity contribution >= 4 is 28.5 Å². The Kier molecular flexibility index (Phi) is 8.85. The first kappa shape index (κ1) is 25.0. The number of aromatic nitrogens is 1. The topological polar surface area (TPSA) is 108 Å². The van der Waals surface area contributed by atoms with Crippen LogP contribution in [0.1, 0.15) is 78.7 Å². The van der Waals surface area contributed by atoms with Crippen molar-refractivity contribution in [2.75, 3.05) is 11.9 Å². The molecule has 0 spiro atoms. The summed E-state index contributed by atoms with van der Waals surface area (Å²) in [6.45, 7) is 4.53. The number of benzene rings is 2. The van der Waals surface area contributed by atoms with Gasteiger partial charge in [0.1, 0.15) is 11.3 Å². The smallest absolute Gasteiger partial charge is 0.338 e. The molecule has 0 radical (unpaired) electrons. The molecule has 1 aromatic heterocycles. The Labute approximate surface area is 199 Å². The summed E-state index contributed by atoms with van der Waals surface area (Å²) in [4.78, 5) is 40.1. The molecule has 1 amide bonds. The zero-order valence-electron chi connectivity index (χ0n) is 19.8. The number of carbonyl (C=O) groups is 2. The number of nitrogens with one attached hydrogen (secondary N) is 2. The quantitative estimate of drug-likeness (QED) is 0.254. The van der Waals surface area contributed by atoms with Gasteiger partial charge in [-0.25, -0.2) is 4.79 Å². The number of unbranched alkanes of at least 4 members (excludes halogenated alkanes) is 4. The maximum atomic E-state index is 12.8. The van der Waals surface area contributed by atoms with Gasteiger partial charge < -0.3 is 20.1 Å². The molecule has 180 valence electrons. The summed E-state index contributed by atoms with van der Waals surface area (Å²) in [6.07, 6.45) is 7.18. The van der Waals surface area contributed by atoms with Crippen molar-refractivity contribution in [3.8, 4) is 5.75 Å². The fraction of sp³-hybridized carbons (Fsp3) is 0.370.